The summed E-state index contributed by atoms with van der Waals surface area (Å²) in [6.07, 6.45) is 8.77. The van der Waals surface area contributed by atoms with Crippen LogP contribution in [0.15, 0.2) is 4.99 Å². The molecule has 2 N–H and O–H groups in total. The lowest BCUT2D eigenvalue weighted by Crippen LogP contribution is -2.60. The van der Waals surface area contributed by atoms with Gasteiger partial charge in [-0.05, 0) is 19.3 Å². The zero-order chi connectivity index (χ0) is 21.0. The highest BCUT2D eigenvalue weighted by atomic mass is 127. The van der Waals surface area contributed by atoms with Crippen LogP contribution in [-0.2, 0) is 13.0 Å². The van der Waals surface area contributed by atoms with E-state index in [4.69, 9.17) is 10.1 Å². The van der Waals surface area contributed by atoms with E-state index >= 15 is 0 Å². The molecule has 1 aromatic rings. The number of nitrogens with one attached hydrogen (secondary N) is 2. The number of hydrogen-bond acceptors (Lipinski definition) is 5. The van der Waals surface area contributed by atoms with E-state index in [0.29, 0.717) is 17.5 Å². The van der Waals surface area contributed by atoms with Gasteiger partial charge in [0, 0.05) is 62.1 Å². The number of halogens is 1. The molecular weight excluding hydrogens is 521 g/mol. The highest BCUT2D eigenvalue weighted by Gasteiger charge is 2.38. The van der Waals surface area contributed by atoms with Gasteiger partial charge in [-0.2, -0.15) is 16.9 Å². The Bertz CT molecular complexity index is 723. The van der Waals surface area contributed by atoms with E-state index in [-0.39, 0.29) is 24.0 Å². The Morgan fingerprint density at radius 2 is 1.97 bits per heavy atom. The first-order valence-electron chi connectivity index (χ1n) is 11.8. The summed E-state index contributed by atoms with van der Waals surface area (Å²) in [7, 11) is 1.89. The fourth-order valence-corrected chi connectivity index (χ4v) is 6.08. The third-order valence-corrected chi connectivity index (χ3v) is 7.95. The van der Waals surface area contributed by atoms with E-state index in [1.54, 1.807) is 0 Å². The summed E-state index contributed by atoms with van der Waals surface area (Å²) in [5.74, 6) is 5.95. The fraction of sp³-hybridized carbons (Fsp3) is 0.864. The molecule has 1 saturated heterocycles. The number of nitrogens with zero attached hydrogens (tertiary/aromatic N) is 5. The van der Waals surface area contributed by atoms with Crippen LogP contribution in [0.3, 0.4) is 0 Å². The van der Waals surface area contributed by atoms with Crippen molar-refractivity contribution in [2.24, 2.45) is 4.99 Å². The first-order chi connectivity index (χ1) is 14.6. The van der Waals surface area contributed by atoms with E-state index in [9.17, 15) is 0 Å². The molecule has 1 unspecified atom stereocenters. The maximum absolute atomic E-state index is 4.72. The number of aryl methyl sites for hydroxylation is 1. The van der Waals surface area contributed by atoms with Crippen LogP contribution < -0.4 is 10.6 Å². The molecule has 0 amide bonds. The van der Waals surface area contributed by atoms with Crippen molar-refractivity contribution in [3.8, 4) is 0 Å². The molecule has 1 aliphatic carbocycles. The minimum atomic E-state index is 0. The van der Waals surface area contributed by atoms with Gasteiger partial charge in [0.05, 0.1) is 6.54 Å². The molecule has 2 fully saturated rings. The van der Waals surface area contributed by atoms with Crippen molar-refractivity contribution < 1.29 is 0 Å². The second-order valence-electron chi connectivity index (χ2n) is 9.41. The van der Waals surface area contributed by atoms with Crippen molar-refractivity contribution in [3.63, 3.8) is 0 Å². The quantitative estimate of drug-likeness (QED) is 0.327. The summed E-state index contributed by atoms with van der Waals surface area (Å²) in [5.41, 5.74) is 0.300. The minimum absolute atomic E-state index is 0. The van der Waals surface area contributed by atoms with Gasteiger partial charge in [-0.25, -0.2) is 9.67 Å². The zero-order valence-corrected chi connectivity index (χ0v) is 22.5. The number of guanidine groups is 1. The van der Waals surface area contributed by atoms with Crippen molar-refractivity contribution in [1.29, 1.82) is 0 Å². The molecule has 176 valence electrons. The monoisotopic (exact) mass is 561 g/mol. The second-order valence-corrected chi connectivity index (χ2v) is 10.6. The predicted octanol–water partition coefficient (Wildman–Crippen LogP) is 3.25. The van der Waals surface area contributed by atoms with Gasteiger partial charge >= 0.3 is 0 Å². The van der Waals surface area contributed by atoms with E-state index in [0.717, 1.165) is 43.5 Å². The van der Waals surface area contributed by atoms with Crippen LogP contribution in [0, 0.1) is 0 Å². The van der Waals surface area contributed by atoms with Crippen molar-refractivity contribution in [2.75, 3.05) is 38.2 Å². The smallest absolute Gasteiger partial charge is 0.191 e. The first-order valence-corrected chi connectivity index (χ1v) is 13.0. The van der Waals surface area contributed by atoms with E-state index in [1.165, 1.54) is 56.7 Å². The van der Waals surface area contributed by atoms with Crippen LogP contribution in [0.4, 0.5) is 0 Å². The zero-order valence-electron chi connectivity index (χ0n) is 19.4. The molecule has 9 heteroatoms. The number of aliphatic imine (C=N–C) groups is 1. The molecule has 1 saturated carbocycles. The standard InChI is InChI=1S/C22H39N7S.HI/c1-17(2)20-26-19-8-7-18(15-29(19)27-20)25-21(23-3)24-16-22(9-5-4-6-10-22)28-11-13-30-14-12-28;/h17-18H,4-16H2,1-3H3,(H2,23,24,25);1H. The van der Waals surface area contributed by atoms with Gasteiger partial charge in [-0.1, -0.05) is 33.1 Å². The van der Waals surface area contributed by atoms with Crippen LogP contribution in [0.25, 0.3) is 0 Å². The average Bonchev–Trinajstić information content (AvgIpc) is 3.22. The molecule has 1 aromatic heterocycles. The summed E-state index contributed by atoms with van der Waals surface area (Å²) in [6.45, 7) is 8.64. The molecule has 2 aliphatic heterocycles. The Hall–Kier alpha value is -0.550. The summed E-state index contributed by atoms with van der Waals surface area (Å²) in [5, 5.41) is 12.1. The van der Waals surface area contributed by atoms with Gasteiger partial charge in [0.2, 0.25) is 0 Å². The second kappa shape index (κ2) is 11.5. The topological polar surface area (TPSA) is 70.4 Å². The summed E-state index contributed by atoms with van der Waals surface area (Å²) < 4.78 is 2.10. The van der Waals surface area contributed by atoms with E-state index in [2.05, 4.69) is 50.8 Å². The molecule has 0 spiro atoms. The van der Waals surface area contributed by atoms with Crippen molar-refractivity contribution in [3.05, 3.63) is 11.6 Å². The Morgan fingerprint density at radius 3 is 2.65 bits per heavy atom. The molecule has 0 aromatic carbocycles. The lowest BCUT2D eigenvalue weighted by Gasteiger charge is -2.48. The van der Waals surface area contributed by atoms with E-state index < -0.39 is 0 Å². The molecule has 4 rings (SSSR count). The SMILES string of the molecule is CN=C(NCC1(N2CCSCC2)CCCCC1)NC1CCc2nc(C(C)C)nn2C1.I. The van der Waals surface area contributed by atoms with Gasteiger partial charge < -0.3 is 10.6 Å². The third-order valence-electron chi connectivity index (χ3n) is 7.01. The van der Waals surface area contributed by atoms with Crippen molar-refractivity contribution in [2.45, 2.75) is 82.8 Å². The van der Waals surface area contributed by atoms with Gasteiger partial charge in [-0.3, -0.25) is 9.89 Å². The molecule has 7 nitrogen and oxygen atoms in total. The van der Waals surface area contributed by atoms with Crippen LogP contribution >= 0.6 is 35.7 Å². The first kappa shape index (κ1) is 25.1. The van der Waals surface area contributed by atoms with Gasteiger partial charge in [-0.15, -0.1) is 24.0 Å². The number of thioether (sulfide) groups is 1. The lowest BCUT2D eigenvalue weighted by molar-refractivity contribution is 0.0625. The van der Waals surface area contributed by atoms with Gasteiger partial charge in [0.1, 0.15) is 5.82 Å². The summed E-state index contributed by atoms with van der Waals surface area (Å²) >= 11 is 2.10. The Balaban J connectivity index is 0.00000272. The molecule has 0 bridgehead atoms. The van der Waals surface area contributed by atoms with Crippen molar-refractivity contribution in [1.82, 2.24) is 30.3 Å². The number of fused-ring (bicyclic) bond motifs is 1. The predicted molar refractivity (Wildman–Crippen MR) is 141 cm³/mol. The molecule has 3 aliphatic rings. The highest BCUT2D eigenvalue weighted by molar-refractivity contribution is 14.0. The fourth-order valence-electron chi connectivity index (χ4n) is 5.18. The Morgan fingerprint density at radius 1 is 1.23 bits per heavy atom. The minimum Gasteiger partial charge on any atom is -0.355 e. The maximum Gasteiger partial charge on any atom is 0.191 e. The lowest BCUT2D eigenvalue weighted by atomic mass is 9.80. The Kier molecular flexibility index (Phi) is 9.34. The molecular formula is C22H40IN7S. The molecule has 31 heavy (non-hydrogen) atoms. The number of hydrogen-bond donors (Lipinski definition) is 2. The summed E-state index contributed by atoms with van der Waals surface area (Å²) in [6, 6.07) is 0.346. The molecule has 0 radical (unpaired) electrons. The highest BCUT2D eigenvalue weighted by Crippen LogP contribution is 2.34. The number of aromatic nitrogens is 3. The number of rotatable bonds is 5. The summed E-state index contributed by atoms with van der Waals surface area (Å²) in [4.78, 5) is 12.0. The third kappa shape index (κ3) is 6.07. The van der Waals surface area contributed by atoms with Crippen molar-refractivity contribution >= 4 is 41.7 Å². The van der Waals surface area contributed by atoms with E-state index in [1.807, 2.05) is 7.05 Å². The maximum atomic E-state index is 4.72. The largest absolute Gasteiger partial charge is 0.355 e. The Labute approximate surface area is 209 Å². The van der Waals surface area contributed by atoms with Crippen LogP contribution in [0.5, 0.6) is 0 Å². The van der Waals surface area contributed by atoms with Crippen LogP contribution in [-0.4, -0.2) is 75.4 Å². The average molecular weight is 562 g/mol. The van der Waals surface area contributed by atoms with Crippen LogP contribution in [0.1, 0.15) is 69.9 Å². The van der Waals surface area contributed by atoms with Gasteiger partial charge in [0.25, 0.3) is 0 Å². The van der Waals surface area contributed by atoms with Gasteiger partial charge in [0.15, 0.2) is 11.8 Å². The molecule has 1 atom stereocenters. The van der Waals surface area contributed by atoms with Crippen LogP contribution in [0.2, 0.25) is 0 Å². The normalized spacial score (nSPS) is 24.4. The molecule has 3 heterocycles.